The van der Waals surface area contributed by atoms with E-state index in [2.05, 4.69) is 78.8 Å². The van der Waals surface area contributed by atoms with Crippen LogP contribution in [0, 0.1) is 11.8 Å². The molecule has 0 saturated carbocycles. The summed E-state index contributed by atoms with van der Waals surface area (Å²) in [5.41, 5.74) is 0. The van der Waals surface area contributed by atoms with E-state index < -0.39 is 0 Å². The quantitative estimate of drug-likeness (QED) is 0.310. The molecule has 0 amide bonds. The third-order valence-corrected chi connectivity index (χ3v) is 2.96. The molecule has 0 bridgehead atoms. The summed E-state index contributed by atoms with van der Waals surface area (Å²) in [6, 6.07) is 0. The van der Waals surface area contributed by atoms with E-state index >= 15 is 0 Å². The van der Waals surface area contributed by atoms with Crippen molar-refractivity contribution in [3.8, 4) is 0 Å². The molecule has 0 fully saturated rings. The van der Waals surface area contributed by atoms with Crippen LogP contribution >= 0.6 is 37.2 Å². The normalized spacial score (nSPS) is 10.8. The van der Waals surface area contributed by atoms with Gasteiger partial charge in [-0.05, 0) is 11.8 Å². The summed E-state index contributed by atoms with van der Waals surface area (Å²) in [6.07, 6.45) is 8.17. The molecule has 20 heavy (non-hydrogen) atoms. The highest BCUT2D eigenvalue weighted by atomic mass is 128. The van der Waals surface area contributed by atoms with Crippen molar-refractivity contribution in [3.63, 3.8) is 0 Å². The third kappa shape index (κ3) is 50.5. The Morgan fingerprint density at radius 1 is 0.600 bits per heavy atom. The van der Waals surface area contributed by atoms with Crippen molar-refractivity contribution in [2.45, 2.75) is 108 Å². The van der Waals surface area contributed by atoms with Crippen molar-refractivity contribution < 1.29 is 0 Å². The standard InChI is InChI=1S/2C7H16.2C2H6.I2/c2*1-4-6-7(3)5-2;3*1-2/h2*7H,4-6H2,1-3H3;2*1-2H3;. The molecule has 0 saturated heterocycles. The van der Waals surface area contributed by atoms with E-state index in [-0.39, 0.29) is 0 Å². The second-order valence-corrected chi connectivity index (χ2v) is 4.60. The van der Waals surface area contributed by atoms with Gasteiger partial charge in [-0.15, -0.1) is 0 Å². The topological polar surface area (TPSA) is 0 Å². The van der Waals surface area contributed by atoms with E-state index in [0.717, 1.165) is 11.8 Å². The Bertz CT molecular complexity index is 83.4. The molecule has 0 heterocycles. The Balaban J connectivity index is -0.0000000545. The Kier molecular flexibility index (Phi) is 70.9. The first-order valence-electron chi connectivity index (χ1n) is 8.76. The van der Waals surface area contributed by atoms with Gasteiger partial charge >= 0.3 is 0 Å². The van der Waals surface area contributed by atoms with Gasteiger partial charge in [0.05, 0.1) is 0 Å². The Morgan fingerprint density at radius 3 is 0.850 bits per heavy atom. The first kappa shape index (κ1) is 33.2. The maximum Gasteiger partial charge on any atom is 0 e. The van der Waals surface area contributed by atoms with Crippen LogP contribution in [0.3, 0.4) is 0 Å². The van der Waals surface area contributed by atoms with Crippen molar-refractivity contribution in [1.29, 1.82) is 0 Å². The molecular formula is C18H44I2. The fraction of sp³-hybridized carbons (Fsp3) is 1.00. The number of rotatable bonds is 6. The van der Waals surface area contributed by atoms with Crippen LogP contribution in [0.5, 0.6) is 0 Å². The van der Waals surface area contributed by atoms with Gasteiger partial charge in [-0.1, -0.05) is 108 Å². The Morgan fingerprint density at radius 2 is 0.800 bits per heavy atom. The number of hydrogen-bond donors (Lipinski definition) is 0. The van der Waals surface area contributed by atoms with Crippen LogP contribution in [0.25, 0.3) is 0 Å². The molecule has 0 rings (SSSR count). The van der Waals surface area contributed by atoms with Gasteiger partial charge in [0.2, 0.25) is 0 Å². The highest BCUT2D eigenvalue weighted by Crippen LogP contribution is 2.07. The monoisotopic (exact) mass is 514 g/mol. The summed E-state index contributed by atoms with van der Waals surface area (Å²) in [7, 11) is 0. The van der Waals surface area contributed by atoms with E-state index in [4.69, 9.17) is 0 Å². The first-order valence-corrected chi connectivity index (χ1v) is 15.0. The lowest BCUT2D eigenvalue weighted by Gasteiger charge is -2.02. The molecule has 0 N–H and O–H groups in total. The van der Waals surface area contributed by atoms with Crippen molar-refractivity contribution >= 4 is 37.2 Å². The average molecular weight is 514 g/mol. The lowest BCUT2D eigenvalue weighted by Crippen LogP contribution is -1.88. The summed E-state index contributed by atoms with van der Waals surface area (Å²) in [5.74, 6) is 1.90. The predicted octanol–water partition coefficient (Wildman–Crippen LogP) is 9.49. The lowest BCUT2D eigenvalue weighted by molar-refractivity contribution is 0.509. The molecule has 0 nitrogen and oxygen atoms in total. The van der Waals surface area contributed by atoms with Gasteiger partial charge in [-0.2, -0.15) is 0 Å². The highest BCUT2D eigenvalue weighted by molar-refractivity contribution is 15.0. The zero-order valence-corrected chi connectivity index (χ0v) is 20.5. The van der Waals surface area contributed by atoms with Crippen molar-refractivity contribution in [2.24, 2.45) is 11.8 Å². The Labute approximate surface area is 156 Å². The summed E-state index contributed by atoms with van der Waals surface area (Å²) in [6.45, 7) is 21.6. The van der Waals surface area contributed by atoms with Gasteiger partial charge in [-0.25, -0.2) is 0 Å². The van der Waals surface area contributed by atoms with Crippen molar-refractivity contribution in [1.82, 2.24) is 0 Å². The van der Waals surface area contributed by atoms with Gasteiger partial charge in [0.15, 0.2) is 0 Å². The molecule has 0 aromatic rings. The van der Waals surface area contributed by atoms with Crippen LogP contribution in [0.1, 0.15) is 108 Å². The molecule has 0 aromatic heterocycles. The SMILES string of the molecule is CC.CC.CCCC(C)CC.CCCC(C)CC.II. The van der Waals surface area contributed by atoms with Crippen LogP contribution in [0.15, 0.2) is 0 Å². The smallest absolute Gasteiger partial charge is 0 e. The van der Waals surface area contributed by atoms with Crippen LogP contribution in [-0.4, -0.2) is 0 Å². The maximum absolute atomic E-state index is 2.31. The highest BCUT2D eigenvalue weighted by Gasteiger charge is 1.93. The van der Waals surface area contributed by atoms with E-state index in [9.17, 15) is 0 Å². The summed E-state index contributed by atoms with van der Waals surface area (Å²) in [5, 5.41) is 0. The minimum Gasteiger partial charge on any atom is -0.0683 e. The van der Waals surface area contributed by atoms with Gasteiger partial charge in [0.1, 0.15) is 0 Å². The molecule has 2 atom stereocenters. The molecule has 130 valence electrons. The zero-order valence-electron chi connectivity index (χ0n) is 16.2. The van der Waals surface area contributed by atoms with Gasteiger partial charge in [0.25, 0.3) is 0 Å². The fourth-order valence-electron chi connectivity index (χ4n) is 1.39. The third-order valence-electron chi connectivity index (χ3n) is 2.96. The van der Waals surface area contributed by atoms with Gasteiger partial charge in [0, 0.05) is 37.2 Å². The van der Waals surface area contributed by atoms with E-state index in [0.29, 0.717) is 0 Å². The minimum absolute atomic E-state index is 0.949. The van der Waals surface area contributed by atoms with Gasteiger partial charge in [-0.3, -0.25) is 0 Å². The second-order valence-electron chi connectivity index (χ2n) is 4.60. The summed E-state index contributed by atoms with van der Waals surface area (Å²) < 4.78 is 0. The first-order chi connectivity index (χ1) is 9.62. The fourth-order valence-corrected chi connectivity index (χ4v) is 1.39. The lowest BCUT2D eigenvalue weighted by atomic mass is 10.0. The maximum atomic E-state index is 2.31. The zero-order chi connectivity index (χ0) is 17.4. The molecular weight excluding hydrogens is 470 g/mol. The summed E-state index contributed by atoms with van der Waals surface area (Å²) >= 11 is 4.24. The number of halogens is 2. The van der Waals surface area contributed by atoms with Crippen LogP contribution in [-0.2, 0) is 0 Å². The molecule has 0 radical (unpaired) electrons. The summed E-state index contributed by atoms with van der Waals surface area (Å²) in [4.78, 5) is 0. The molecule has 0 aliphatic carbocycles. The van der Waals surface area contributed by atoms with Crippen molar-refractivity contribution in [2.75, 3.05) is 0 Å². The molecule has 2 heteroatoms. The average Bonchev–Trinajstić information content (AvgIpc) is 2.54. The molecule has 0 aliphatic heterocycles. The molecule has 0 aliphatic rings. The molecule has 0 spiro atoms. The van der Waals surface area contributed by atoms with E-state index in [1.807, 2.05) is 27.7 Å². The second kappa shape index (κ2) is 42.8. The van der Waals surface area contributed by atoms with Crippen LogP contribution in [0.2, 0.25) is 0 Å². The van der Waals surface area contributed by atoms with Gasteiger partial charge < -0.3 is 0 Å². The molecule has 2 unspecified atom stereocenters. The minimum atomic E-state index is 0.949. The molecule has 0 aromatic carbocycles. The van der Waals surface area contributed by atoms with Crippen LogP contribution in [0.4, 0.5) is 0 Å². The predicted molar refractivity (Wildman–Crippen MR) is 119 cm³/mol. The largest absolute Gasteiger partial charge is 0.0683 e. The van der Waals surface area contributed by atoms with E-state index in [1.54, 1.807) is 0 Å². The van der Waals surface area contributed by atoms with Crippen molar-refractivity contribution in [3.05, 3.63) is 0 Å². The van der Waals surface area contributed by atoms with E-state index in [1.165, 1.54) is 38.5 Å². The Hall–Kier alpha value is 1.46. The van der Waals surface area contributed by atoms with Crippen LogP contribution < -0.4 is 0 Å². The number of hydrogen-bond acceptors (Lipinski definition) is 0.